The molecule has 3 heterocycles. The van der Waals surface area contributed by atoms with Gasteiger partial charge in [-0.2, -0.15) is 0 Å². The number of thiophene rings is 1. The van der Waals surface area contributed by atoms with E-state index in [9.17, 15) is 9.18 Å². The summed E-state index contributed by atoms with van der Waals surface area (Å²) in [5, 5.41) is 4.49. The molecule has 0 aliphatic carbocycles. The number of nitrogens with zero attached hydrogens (tertiary/aromatic N) is 1. The van der Waals surface area contributed by atoms with Crippen molar-refractivity contribution in [2.75, 3.05) is 0 Å². The van der Waals surface area contributed by atoms with Gasteiger partial charge in [0.2, 0.25) is 0 Å². The highest BCUT2D eigenvalue weighted by atomic mass is 32.1. The fourth-order valence-electron chi connectivity index (χ4n) is 2.89. The number of hydrogen-bond donors (Lipinski definition) is 2. The zero-order chi connectivity index (χ0) is 18.1. The van der Waals surface area contributed by atoms with E-state index >= 15 is 0 Å². The first-order valence-corrected chi connectivity index (χ1v) is 9.13. The fraction of sp³-hybridized carbons (Fsp3) is 0.158. The number of nitrogens with one attached hydrogen (secondary N) is 1. The molecule has 0 aliphatic rings. The molecule has 4 rings (SSSR count). The SMILES string of the molecule is C[C@H]([NH2+]Cc1nc2scc(-c3ccc(F)cc3)c2c(=O)[nH]1)c1ccco1. The van der Waals surface area contributed by atoms with E-state index in [2.05, 4.69) is 15.3 Å². The lowest BCUT2D eigenvalue weighted by Gasteiger charge is -2.07. The van der Waals surface area contributed by atoms with E-state index in [0.717, 1.165) is 16.9 Å². The van der Waals surface area contributed by atoms with Crippen LogP contribution in [0.2, 0.25) is 0 Å². The lowest BCUT2D eigenvalue weighted by atomic mass is 10.1. The van der Waals surface area contributed by atoms with Crippen molar-refractivity contribution in [3.63, 3.8) is 0 Å². The highest BCUT2D eigenvalue weighted by Gasteiger charge is 2.16. The minimum atomic E-state index is -0.302. The molecule has 0 unspecified atom stereocenters. The Morgan fingerprint density at radius 3 is 2.85 bits per heavy atom. The highest BCUT2D eigenvalue weighted by Crippen LogP contribution is 2.30. The van der Waals surface area contributed by atoms with Crippen molar-refractivity contribution in [1.82, 2.24) is 9.97 Å². The Labute approximate surface area is 152 Å². The summed E-state index contributed by atoms with van der Waals surface area (Å²) < 4.78 is 18.5. The molecule has 0 saturated heterocycles. The van der Waals surface area contributed by atoms with Crippen LogP contribution in [0.1, 0.15) is 24.6 Å². The van der Waals surface area contributed by atoms with Crippen LogP contribution in [-0.4, -0.2) is 9.97 Å². The third-order valence-electron chi connectivity index (χ3n) is 4.30. The molecule has 0 fully saturated rings. The lowest BCUT2D eigenvalue weighted by Crippen LogP contribution is -2.83. The average Bonchev–Trinajstić information content (AvgIpc) is 3.30. The number of aromatic amines is 1. The first-order chi connectivity index (χ1) is 12.6. The minimum absolute atomic E-state index is 0.129. The van der Waals surface area contributed by atoms with Gasteiger partial charge < -0.3 is 14.7 Å². The maximum absolute atomic E-state index is 13.1. The predicted octanol–water partition coefficient (Wildman–Crippen LogP) is 3.21. The summed E-state index contributed by atoms with van der Waals surface area (Å²) in [7, 11) is 0. The normalized spacial score (nSPS) is 12.5. The van der Waals surface area contributed by atoms with Gasteiger partial charge in [-0.3, -0.25) is 4.79 Å². The second-order valence-corrected chi connectivity index (χ2v) is 6.95. The van der Waals surface area contributed by atoms with Crippen molar-refractivity contribution in [2.24, 2.45) is 0 Å². The van der Waals surface area contributed by atoms with E-state index in [0.29, 0.717) is 22.6 Å². The van der Waals surface area contributed by atoms with Crippen molar-refractivity contribution in [3.05, 3.63) is 75.8 Å². The molecule has 0 saturated carbocycles. The van der Waals surface area contributed by atoms with E-state index in [1.165, 1.54) is 23.5 Å². The number of rotatable bonds is 5. The van der Waals surface area contributed by atoms with Crippen LogP contribution in [0.3, 0.4) is 0 Å². The smallest absolute Gasteiger partial charge is 0.260 e. The van der Waals surface area contributed by atoms with E-state index < -0.39 is 0 Å². The molecule has 3 aromatic heterocycles. The summed E-state index contributed by atoms with van der Waals surface area (Å²) in [6.07, 6.45) is 1.65. The summed E-state index contributed by atoms with van der Waals surface area (Å²) in [6, 6.07) is 10.0. The van der Waals surface area contributed by atoms with Crippen molar-refractivity contribution in [2.45, 2.75) is 19.5 Å². The second-order valence-electron chi connectivity index (χ2n) is 6.09. The molecule has 0 spiro atoms. The van der Waals surface area contributed by atoms with Crippen LogP contribution in [0.4, 0.5) is 4.39 Å². The number of hydrogen-bond acceptors (Lipinski definition) is 4. The number of aromatic nitrogens is 2. The van der Waals surface area contributed by atoms with Gasteiger partial charge in [-0.15, -0.1) is 11.3 Å². The van der Waals surface area contributed by atoms with Crippen LogP contribution in [0.15, 0.2) is 57.3 Å². The number of benzene rings is 1. The quantitative estimate of drug-likeness (QED) is 0.566. The first kappa shape index (κ1) is 16.7. The summed E-state index contributed by atoms with van der Waals surface area (Å²) >= 11 is 1.42. The fourth-order valence-corrected chi connectivity index (χ4v) is 3.85. The Kier molecular flexibility index (Phi) is 4.40. The standard InChI is InChI=1S/C19H16FN3O2S/c1-11(15-3-2-8-25-15)21-9-16-22-18(24)17-14(10-26-19(17)23-16)12-4-6-13(20)7-5-12/h2-8,10-11,21H,9H2,1H3,(H,22,23,24)/p+1/t11-/m0/s1. The van der Waals surface area contributed by atoms with Crippen molar-refractivity contribution in [1.29, 1.82) is 0 Å². The Bertz CT molecular complexity index is 1080. The lowest BCUT2D eigenvalue weighted by molar-refractivity contribution is -0.710. The molecule has 26 heavy (non-hydrogen) atoms. The van der Waals surface area contributed by atoms with Crippen molar-refractivity contribution in [3.8, 4) is 11.1 Å². The maximum atomic E-state index is 13.1. The second kappa shape index (κ2) is 6.86. The van der Waals surface area contributed by atoms with Crippen LogP contribution < -0.4 is 10.9 Å². The molecule has 0 radical (unpaired) electrons. The largest absolute Gasteiger partial charge is 0.463 e. The Morgan fingerprint density at radius 1 is 1.31 bits per heavy atom. The summed E-state index contributed by atoms with van der Waals surface area (Å²) in [5.41, 5.74) is 1.40. The molecule has 4 aromatic rings. The van der Waals surface area contributed by atoms with Crippen LogP contribution in [0.5, 0.6) is 0 Å². The molecule has 0 bridgehead atoms. The molecule has 132 valence electrons. The molecular formula is C19H17FN3O2S+. The van der Waals surface area contributed by atoms with Crippen LogP contribution in [0, 0.1) is 5.82 Å². The van der Waals surface area contributed by atoms with Gasteiger partial charge in [0.25, 0.3) is 5.56 Å². The zero-order valence-electron chi connectivity index (χ0n) is 14.0. The Hall–Kier alpha value is -2.77. The van der Waals surface area contributed by atoms with Gasteiger partial charge in [0.05, 0.1) is 11.6 Å². The van der Waals surface area contributed by atoms with E-state index in [-0.39, 0.29) is 17.4 Å². The van der Waals surface area contributed by atoms with Crippen LogP contribution >= 0.6 is 11.3 Å². The number of H-pyrrole nitrogens is 1. The number of quaternary nitrogens is 1. The summed E-state index contributed by atoms with van der Waals surface area (Å²) in [6.45, 7) is 2.57. The maximum Gasteiger partial charge on any atom is 0.260 e. The number of halogens is 1. The third-order valence-corrected chi connectivity index (χ3v) is 5.18. The van der Waals surface area contributed by atoms with Gasteiger partial charge >= 0.3 is 0 Å². The van der Waals surface area contributed by atoms with Gasteiger partial charge in [-0.25, -0.2) is 9.37 Å². The summed E-state index contributed by atoms with van der Waals surface area (Å²) in [5.74, 6) is 1.19. The Morgan fingerprint density at radius 2 is 2.12 bits per heavy atom. The molecule has 7 heteroatoms. The Balaban J connectivity index is 1.61. The first-order valence-electron chi connectivity index (χ1n) is 8.25. The summed E-state index contributed by atoms with van der Waals surface area (Å²) in [4.78, 5) is 20.7. The molecule has 0 amide bonds. The molecular weight excluding hydrogens is 353 g/mol. The van der Waals surface area contributed by atoms with E-state index in [1.807, 2.05) is 24.4 Å². The average molecular weight is 370 g/mol. The van der Waals surface area contributed by atoms with E-state index in [1.54, 1.807) is 18.4 Å². The minimum Gasteiger partial charge on any atom is -0.463 e. The molecule has 3 N–H and O–H groups in total. The highest BCUT2D eigenvalue weighted by molar-refractivity contribution is 7.17. The van der Waals surface area contributed by atoms with Crippen molar-refractivity contribution >= 4 is 21.6 Å². The van der Waals surface area contributed by atoms with Gasteiger partial charge in [-0.05, 0) is 36.8 Å². The van der Waals surface area contributed by atoms with E-state index in [4.69, 9.17) is 4.42 Å². The molecule has 1 aromatic carbocycles. The zero-order valence-corrected chi connectivity index (χ0v) is 14.8. The monoisotopic (exact) mass is 370 g/mol. The van der Waals surface area contributed by atoms with Gasteiger partial charge in [-0.1, -0.05) is 12.1 Å². The number of furan rings is 1. The van der Waals surface area contributed by atoms with Crippen LogP contribution in [-0.2, 0) is 6.54 Å². The molecule has 1 atom stereocenters. The van der Waals surface area contributed by atoms with Gasteiger partial charge in [0.15, 0.2) is 11.6 Å². The van der Waals surface area contributed by atoms with Gasteiger partial charge in [0, 0.05) is 10.9 Å². The van der Waals surface area contributed by atoms with Gasteiger partial charge in [0.1, 0.15) is 23.2 Å². The number of nitrogens with two attached hydrogens (primary N) is 1. The number of fused-ring (bicyclic) bond motifs is 1. The molecule has 5 nitrogen and oxygen atoms in total. The topological polar surface area (TPSA) is 75.5 Å². The molecule has 0 aliphatic heterocycles. The third kappa shape index (κ3) is 3.18. The van der Waals surface area contributed by atoms with Crippen LogP contribution in [0.25, 0.3) is 21.3 Å². The predicted molar refractivity (Wildman–Crippen MR) is 98.4 cm³/mol. The van der Waals surface area contributed by atoms with Crippen molar-refractivity contribution < 1.29 is 14.1 Å².